The Bertz CT molecular complexity index is 553. The van der Waals surface area contributed by atoms with Crippen LogP contribution in [0.15, 0.2) is 42.7 Å². The van der Waals surface area contributed by atoms with Gasteiger partial charge in [-0.25, -0.2) is 0 Å². The second-order valence-electron chi connectivity index (χ2n) is 5.33. The van der Waals surface area contributed by atoms with Crippen molar-refractivity contribution in [2.24, 2.45) is 0 Å². The van der Waals surface area contributed by atoms with Crippen LogP contribution in [0.2, 0.25) is 0 Å². The Morgan fingerprint density at radius 1 is 1.40 bits per heavy atom. The molecule has 0 radical (unpaired) electrons. The van der Waals surface area contributed by atoms with Crippen molar-refractivity contribution >= 4 is 0 Å². The summed E-state index contributed by atoms with van der Waals surface area (Å²) in [6.45, 7) is 1.56. The number of aliphatic hydroxyl groups is 1. The largest absolute Gasteiger partial charge is 0.497 e. The summed E-state index contributed by atoms with van der Waals surface area (Å²) in [6, 6.07) is 10.4. The van der Waals surface area contributed by atoms with Gasteiger partial charge in [0.2, 0.25) is 0 Å². The Balaban J connectivity index is 1.81. The fourth-order valence-electron chi connectivity index (χ4n) is 2.94. The summed E-state index contributed by atoms with van der Waals surface area (Å²) >= 11 is 0. The van der Waals surface area contributed by atoms with E-state index in [-0.39, 0.29) is 12.1 Å². The van der Waals surface area contributed by atoms with Gasteiger partial charge in [-0.15, -0.1) is 0 Å². The smallest absolute Gasteiger partial charge is 0.119 e. The Labute approximate surface area is 119 Å². The molecule has 4 heteroatoms. The first-order chi connectivity index (χ1) is 9.76. The number of hydrogen-bond donors (Lipinski definition) is 2. The van der Waals surface area contributed by atoms with Crippen LogP contribution in [0.25, 0.3) is 0 Å². The highest BCUT2D eigenvalue weighted by atomic mass is 16.5. The number of likely N-dealkylation sites (tertiary alicyclic amines) is 1. The predicted octanol–water partition coefficient (Wildman–Crippen LogP) is 2.33. The summed E-state index contributed by atoms with van der Waals surface area (Å²) in [7, 11) is 1.68. The van der Waals surface area contributed by atoms with E-state index in [4.69, 9.17) is 4.74 Å². The molecule has 20 heavy (non-hydrogen) atoms. The Morgan fingerprint density at radius 2 is 2.30 bits per heavy atom. The summed E-state index contributed by atoms with van der Waals surface area (Å²) < 4.78 is 5.30. The molecule has 4 nitrogen and oxygen atoms in total. The summed E-state index contributed by atoms with van der Waals surface area (Å²) in [6.07, 6.45) is 4.46. The summed E-state index contributed by atoms with van der Waals surface area (Å²) in [4.78, 5) is 5.40. The molecule has 0 unspecified atom stereocenters. The molecule has 0 aliphatic carbocycles. The SMILES string of the molecule is COc1cccc([C@@H]2C[C@@H](O)CN2Cc2cc[nH]c2)c1. The Kier molecular flexibility index (Phi) is 3.76. The number of aromatic amines is 1. The van der Waals surface area contributed by atoms with Crippen molar-refractivity contribution in [1.82, 2.24) is 9.88 Å². The summed E-state index contributed by atoms with van der Waals surface area (Å²) in [5.74, 6) is 0.866. The van der Waals surface area contributed by atoms with Crippen molar-refractivity contribution in [2.45, 2.75) is 25.1 Å². The predicted molar refractivity (Wildman–Crippen MR) is 77.6 cm³/mol. The zero-order valence-electron chi connectivity index (χ0n) is 11.6. The molecule has 1 aromatic carbocycles. The van der Waals surface area contributed by atoms with Crippen molar-refractivity contribution in [2.75, 3.05) is 13.7 Å². The van der Waals surface area contributed by atoms with Gasteiger partial charge in [-0.05, 0) is 35.7 Å². The molecule has 1 aliphatic heterocycles. The minimum absolute atomic E-state index is 0.245. The lowest BCUT2D eigenvalue weighted by Gasteiger charge is -2.24. The van der Waals surface area contributed by atoms with E-state index in [9.17, 15) is 5.11 Å². The van der Waals surface area contributed by atoms with E-state index in [1.54, 1.807) is 7.11 Å². The second kappa shape index (κ2) is 5.69. The molecule has 1 aliphatic rings. The number of nitrogens with zero attached hydrogens (tertiary/aromatic N) is 1. The molecule has 106 valence electrons. The van der Waals surface area contributed by atoms with Crippen molar-refractivity contribution in [3.63, 3.8) is 0 Å². The van der Waals surface area contributed by atoms with Gasteiger partial charge >= 0.3 is 0 Å². The van der Waals surface area contributed by atoms with Crippen LogP contribution in [0.1, 0.15) is 23.6 Å². The number of β-amino-alcohol motifs (C(OH)–C–C–N with tert-alkyl or cyclic N) is 1. The van der Waals surface area contributed by atoms with Gasteiger partial charge in [0.15, 0.2) is 0 Å². The van der Waals surface area contributed by atoms with Crippen LogP contribution in [0.4, 0.5) is 0 Å². The number of methoxy groups -OCH3 is 1. The van der Waals surface area contributed by atoms with E-state index in [1.807, 2.05) is 24.5 Å². The lowest BCUT2D eigenvalue weighted by Crippen LogP contribution is -2.24. The fourth-order valence-corrected chi connectivity index (χ4v) is 2.94. The van der Waals surface area contributed by atoms with Crippen LogP contribution in [-0.4, -0.2) is 34.7 Å². The molecule has 1 fully saturated rings. The maximum Gasteiger partial charge on any atom is 0.119 e. The Hall–Kier alpha value is -1.78. The average Bonchev–Trinajstić information content (AvgIpc) is 3.09. The maximum atomic E-state index is 10.0. The summed E-state index contributed by atoms with van der Waals surface area (Å²) in [5, 5.41) is 10.0. The lowest BCUT2D eigenvalue weighted by atomic mass is 10.0. The molecule has 1 saturated heterocycles. The highest BCUT2D eigenvalue weighted by Gasteiger charge is 2.32. The van der Waals surface area contributed by atoms with Gasteiger partial charge in [0.25, 0.3) is 0 Å². The van der Waals surface area contributed by atoms with Crippen molar-refractivity contribution < 1.29 is 9.84 Å². The standard InChI is InChI=1S/C16H20N2O2/c1-20-15-4-2-3-13(7-15)16-8-14(19)11-18(16)10-12-5-6-17-9-12/h2-7,9,14,16-17,19H,8,10-11H2,1H3/t14-,16+/m1/s1. The van der Waals surface area contributed by atoms with E-state index in [0.29, 0.717) is 6.54 Å². The molecule has 3 rings (SSSR count). The highest BCUT2D eigenvalue weighted by Crippen LogP contribution is 2.34. The molecule has 2 atom stereocenters. The first-order valence-electron chi connectivity index (χ1n) is 6.94. The number of benzene rings is 1. The van der Waals surface area contributed by atoms with Crippen LogP contribution < -0.4 is 4.74 Å². The van der Waals surface area contributed by atoms with Crippen LogP contribution in [0.5, 0.6) is 5.75 Å². The topological polar surface area (TPSA) is 48.5 Å². The maximum absolute atomic E-state index is 10.0. The average molecular weight is 272 g/mol. The van der Waals surface area contributed by atoms with Crippen LogP contribution in [-0.2, 0) is 6.54 Å². The van der Waals surface area contributed by atoms with Gasteiger partial charge in [0.1, 0.15) is 5.75 Å². The third kappa shape index (κ3) is 2.71. The van der Waals surface area contributed by atoms with Crippen LogP contribution in [0, 0.1) is 0 Å². The zero-order chi connectivity index (χ0) is 13.9. The number of aliphatic hydroxyl groups excluding tert-OH is 1. The molecule has 0 bridgehead atoms. The van der Waals surface area contributed by atoms with E-state index in [2.05, 4.69) is 28.1 Å². The zero-order valence-corrected chi connectivity index (χ0v) is 11.6. The van der Waals surface area contributed by atoms with Gasteiger partial charge in [0, 0.05) is 31.5 Å². The van der Waals surface area contributed by atoms with Gasteiger partial charge < -0.3 is 14.8 Å². The molecule has 0 saturated carbocycles. The van der Waals surface area contributed by atoms with Gasteiger partial charge in [0.05, 0.1) is 13.2 Å². The molecular weight excluding hydrogens is 252 g/mol. The van der Waals surface area contributed by atoms with Gasteiger partial charge in [-0.2, -0.15) is 0 Å². The first-order valence-corrected chi connectivity index (χ1v) is 6.94. The molecule has 0 amide bonds. The van der Waals surface area contributed by atoms with Crippen LogP contribution >= 0.6 is 0 Å². The highest BCUT2D eigenvalue weighted by molar-refractivity contribution is 5.31. The summed E-state index contributed by atoms with van der Waals surface area (Å²) in [5.41, 5.74) is 2.45. The first kappa shape index (κ1) is 13.2. The van der Waals surface area contributed by atoms with Crippen LogP contribution in [0.3, 0.4) is 0 Å². The lowest BCUT2D eigenvalue weighted by molar-refractivity contribution is 0.172. The van der Waals surface area contributed by atoms with Crippen molar-refractivity contribution in [3.8, 4) is 5.75 Å². The third-order valence-corrected chi connectivity index (χ3v) is 3.91. The molecule has 1 aromatic heterocycles. The fraction of sp³-hybridized carbons (Fsp3) is 0.375. The van der Waals surface area contributed by atoms with E-state index >= 15 is 0 Å². The normalized spacial score (nSPS) is 23.1. The minimum atomic E-state index is -0.259. The van der Waals surface area contributed by atoms with E-state index < -0.39 is 0 Å². The van der Waals surface area contributed by atoms with Crippen molar-refractivity contribution in [3.05, 3.63) is 53.9 Å². The van der Waals surface area contributed by atoms with E-state index in [0.717, 1.165) is 18.7 Å². The monoisotopic (exact) mass is 272 g/mol. The number of H-pyrrole nitrogens is 1. The molecule has 0 spiro atoms. The second-order valence-corrected chi connectivity index (χ2v) is 5.33. The number of hydrogen-bond acceptors (Lipinski definition) is 3. The quantitative estimate of drug-likeness (QED) is 0.898. The Morgan fingerprint density at radius 3 is 3.05 bits per heavy atom. The number of nitrogens with one attached hydrogen (secondary N) is 1. The number of aromatic nitrogens is 1. The van der Waals surface area contributed by atoms with Gasteiger partial charge in [-0.1, -0.05) is 12.1 Å². The number of rotatable bonds is 4. The van der Waals surface area contributed by atoms with E-state index in [1.165, 1.54) is 11.1 Å². The number of ether oxygens (including phenoxy) is 1. The molecule has 2 aromatic rings. The molecule has 2 heterocycles. The minimum Gasteiger partial charge on any atom is -0.497 e. The molecular formula is C16H20N2O2. The van der Waals surface area contributed by atoms with Gasteiger partial charge in [-0.3, -0.25) is 4.90 Å². The van der Waals surface area contributed by atoms with Crippen molar-refractivity contribution in [1.29, 1.82) is 0 Å². The third-order valence-electron chi connectivity index (χ3n) is 3.91. The molecule has 2 N–H and O–H groups in total.